The number of nitrogens with one attached hydrogen (secondary N) is 1. The van der Waals surface area contributed by atoms with E-state index in [0.29, 0.717) is 4.47 Å². The van der Waals surface area contributed by atoms with Crippen molar-refractivity contribution in [3.8, 4) is 0 Å². The summed E-state index contributed by atoms with van der Waals surface area (Å²) in [6.07, 6.45) is 0. The van der Waals surface area contributed by atoms with E-state index < -0.39 is 5.66 Å². The highest BCUT2D eigenvalue weighted by molar-refractivity contribution is 9.10. The van der Waals surface area contributed by atoms with Gasteiger partial charge in [0, 0.05) is 0 Å². The van der Waals surface area contributed by atoms with Crippen molar-refractivity contribution in [3.63, 3.8) is 0 Å². The molecule has 0 saturated heterocycles. The van der Waals surface area contributed by atoms with Crippen molar-refractivity contribution in [2.45, 2.75) is 19.5 Å². The quantitative estimate of drug-likeness (QED) is 0.842. The Hall–Kier alpha value is -1.59. The first-order valence-corrected chi connectivity index (χ1v) is 7.53. The van der Waals surface area contributed by atoms with Gasteiger partial charge >= 0.3 is 0 Å². The number of carbonyl (C=O) groups excluding carboxylic acids is 1. The van der Waals surface area contributed by atoms with Crippen molar-refractivity contribution in [3.05, 3.63) is 67.0 Å². The zero-order valence-corrected chi connectivity index (χ0v) is 13.7. The van der Waals surface area contributed by atoms with Gasteiger partial charge in [0.1, 0.15) is 11.4 Å². The topological polar surface area (TPSA) is 51.1 Å². The number of amides is 1. The molecule has 1 aromatic carbocycles. The lowest BCUT2D eigenvalue weighted by molar-refractivity contribution is 0.0941. The summed E-state index contributed by atoms with van der Waals surface area (Å²) in [5.41, 5.74) is 0.810. The minimum atomic E-state index is -0.955. The third-order valence-corrected chi connectivity index (χ3v) is 4.57. The Bertz CT molecular complexity index is 831. The van der Waals surface area contributed by atoms with E-state index >= 15 is 0 Å². The number of hydrogen-bond acceptors (Lipinski definition) is 2. The Kier molecular flexibility index (Phi) is 3.22. The normalized spacial score (nSPS) is 20.3. The third kappa shape index (κ3) is 2.03. The first kappa shape index (κ1) is 14.4. The molecule has 1 aliphatic rings. The summed E-state index contributed by atoms with van der Waals surface area (Å²) in [7, 11) is 0. The molecule has 0 bridgehead atoms. The highest BCUT2D eigenvalue weighted by Crippen LogP contribution is 2.33. The molecule has 0 aliphatic carbocycles. The molecule has 6 heteroatoms. The number of nitrogens with zero attached hydrogens (tertiary/aromatic N) is 1. The van der Waals surface area contributed by atoms with E-state index in [-0.39, 0.29) is 22.2 Å². The van der Waals surface area contributed by atoms with E-state index in [4.69, 9.17) is 11.6 Å². The number of pyridine rings is 1. The number of halogens is 2. The number of aromatic nitrogens is 1. The highest BCUT2D eigenvalue weighted by atomic mass is 79.9. The predicted molar refractivity (Wildman–Crippen MR) is 84.8 cm³/mol. The Morgan fingerprint density at radius 1 is 1.29 bits per heavy atom. The first-order chi connectivity index (χ1) is 9.84. The Morgan fingerprint density at radius 2 is 2.00 bits per heavy atom. The molecule has 1 aliphatic heterocycles. The molecule has 1 N–H and O–H groups in total. The summed E-state index contributed by atoms with van der Waals surface area (Å²) in [5.74, 6) is -0.353. The molecule has 3 rings (SSSR count). The van der Waals surface area contributed by atoms with Crippen LogP contribution in [0.5, 0.6) is 0 Å². The molecule has 1 unspecified atom stereocenters. The van der Waals surface area contributed by atoms with Crippen LogP contribution < -0.4 is 10.9 Å². The molecule has 0 fully saturated rings. The van der Waals surface area contributed by atoms with Gasteiger partial charge in [-0.25, -0.2) is 0 Å². The lowest BCUT2D eigenvalue weighted by Gasteiger charge is -2.28. The molecule has 1 amide bonds. The smallest absolute Gasteiger partial charge is 0.271 e. The summed E-state index contributed by atoms with van der Waals surface area (Å²) in [4.78, 5) is 24.8. The average Bonchev–Trinajstić information content (AvgIpc) is 2.69. The maximum Gasteiger partial charge on any atom is 0.271 e. The summed E-state index contributed by atoms with van der Waals surface area (Å²) in [6, 6.07) is 9.13. The van der Waals surface area contributed by atoms with Crippen molar-refractivity contribution < 1.29 is 4.79 Å². The van der Waals surface area contributed by atoms with Crippen molar-refractivity contribution in [2.75, 3.05) is 0 Å². The largest absolute Gasteiger partial charge is 0.324 e. The van der Waals surface area contributed by atoms with E-state index in [1.165, 1.54) is 10.6 Å². The van der Waals surface area contributed by atoms with E-state index in [2.05, 4.69) is 21.2 Å². The number of rotatable bonds is 1. The van der Waals surface area contributed by atoms with Gasteiger partial charge in [0.05, 0.1) is 9.50 Å². The molecule has 2 heterocycles. The molecule has 0 spiro atoms. The van der Waals surface area contributed by atoms with Crippen LogP contribution in [0.4, 0.5) is 0 Å². The number of benzene rings is 1. The number of fused-ring (bicyclic) bond motifs is 1. The van der Waals surface area contributed by atoms with Gasteiger partial charge in [-0.1, -0.05) is 41.4 Å². The SMILES string of the molecule is Cc1cccc(C2(C)NC(=O)c3c(Cl)cc(Br)c(=O)n32)c1. The molecule has 1 aromatic heterocycles. The number of hydrogen-bond donors (Lipinski definition) is 1. The van der Waals surface area contributed by atoms with Crippen molar-refractivity contribution >= 4 is 33.4 Å². The highest BCUT2D eigenvalue weighted by Gasteiger charge is 2.42. The Morgan fingerprint density at radius 3 is 2.67 bits per heavy atom. The van der Waals surface area contributed by atoms with E-state index in [1.54, 1.807) is 6.92 Å². The fraction of sp³-hybridized carbons (Fsp3) is 0.200. The zero-order chi connectivity index (χ0) is 15.4. The van der Waals surface area contributed by atoms with Gasteiger partial charge in [0.25, 0.3) is 11.5 Å². The van der Waals surface area contributed by atoms with Gasteiger partial charge in [0.15, 0.2) is 0 Å². The van der Waals surface area contributed by atoms with Crippen molar-refractivity contribution in [1.82, 2.24) is 9.88 Å². The Balaban J connectivity index is 2.36. The lowest BCUT2D eigenvalue weighted by atomic mass is 10.00. The van der Waals surface area contributed by atoms with Crippen molar-refractivity contribution in [2.24, 2.45) is 0 Å². The van der Waals surface area contributed by atoms with Crippen LogP contribution in [0.3, 0.4) is 0 Å². The van der Waals surface area contributed by atoms with Gasteiger partial charge < -0.3 is 5.32 Å². The summed E-state index contributed by atoms with van der Waals surface area (Å²) in [5, 5.41) is 3.11. The third-order valence-electron chi connectivity index (χ3n) is 3.71. The predicted octanol–water partition coefficient (Wildman–Crippen LogP) is 3.04. The van der Waals surface area contributed by atoms with Crippen LogP contribution in [-0.2, 0) is 5.66 Å². The fourth-order valence-electron chi connectivity index (χ4n) is 2.68. The fourth-order valence-corrected chi connectivity index (χ4v) is 3.50. The molecule has 0 radical (unpaired) electrons. The minimum absolute atomic E-state index is 0.189. The molecule has 4 nitrogen and oxygen atoms in total. The van der Waals surface area contributed by atoms with Gasteiger partial charge in [-0.05, 0) is 41.4 Å². The van der Waals surface area contributed by atoms with Gasteiger partial charge in [-0.15, -0.1) is 0 Å². The maximum atomic E-state index is 12.5. The molecule has 21 heavy (non-hydrogen) atoms. The molecule has 0 saturated carbocycles. The van der Waals surface area contributed by atoms with Crippen LogP contribution in [-0.4, -0.2) is 10.5 Å². The van der Waals surface area contributed by atoms with Crippen LogP contribution in [0.25, 0.3) is 0 Å². The van der Waals surface area contributed by atoms with Crippen molar-refractivity contribution in [1.29, 1.82) is 0 Å². The molecule has 1 atom stereocenters. The molecular weight excluding hydrogens is 356 g/mol. The Labute approximate surface area is 134 Å². The monoisotopic (exact) mass is 366 g/mol. The second-order valence-electron chi connectivity index (χ2n) is 5.23. The van der Waals surface area contributed by atoms with Gasteiger partial charge in [-0.2, -0.15) is 0 Å². The second kappa shape index (κ2) is 4.71. The molecular formula is C15H12BrClN2O2. The van der Waals surface area contributed by atoms with Gasteiger partial charge in [0.2, 0.25) is 0 Å². The van der Waals surface area contributed by atoms with E-state index in [9.17, 15) is 9.59 Å². The van der Waals surface area contributed by atoms with Crippen LogP contribution in [0.1, 0.15) is 28.5 Å². The number of aryl methyl sites for hydroxylation is 1. The summed E-state index contributed by atoms with van der Waals surface area (Å²) in [6.45, 7) is 3.75. The standard InChI is InChI=1S/C15H12BrClN2O2/c1-8-4-3-5-9(6-8)15(2)18-13(20)12-11(17)7-10(16)14(21)19(12)15/h3-7H,1-2H3,(H,18,20). The first-order valence-electron chi connectivity index (χ1n) is 6.36. The molecule has 108 valence electrons. The maximum absolute atomic E-state index is 12.5. The average molecular weight is 368 g/mol. The van der Waals surface area contributed by atoms with Crippen LogP contribution in [0.2, 0.25) is 5.02 Å². The minimum Gasteiger partial charge on any atom is -0.324 e. The van der Waals surface area contributed by atoms with Gasteiger partial charge in [-0.3, -0.25) is 14.2 Å². The zero-order valence-electron chi connectivity index (χ0n) is 11.4. The van der Waals surface area contributed by atoms with Crippen LogP contribution in [0, 0.1) is 6.92 Å². The summed E-state index contributed by atoms with van der Waals surface area (Å²) >= 11 is 9.34. The molecule has 2 aromatic rings. The van der Waals surface area contributed by atoms with E-state index in [1.807, 2.05) is 31.2 Å². The number of carbonyl (C=O) groups is 1. The second-order valence-corrected chi connectivity index (χ2v) is 6.49. The summed E-state index contributed by atoms with van der Waals surface area (Å²) < 4.78 is 1.74. The lowest BCUT2D eigenvalue weighted by Crippen LogP contribution is -2.45. The van der Waals surface area contributed by atoms with Crippen LogP contribution >= 0.6 is 27.5 Å². The van der Waals surface area contributed by atoms with E-state index in [0.717, 1.165) is 11.1 Å². The van der Waals surface area contributed by atoms with Crippen LogP contribution in [0.15, 0.2) is 39.6 Å².